The van der Waals surface area contributed by atoms with E-state index in [-0.39, 0.29) is 16.2 Å². The van der Waals surface area contributed by atoms with Crippen LogP contribution in [0.1, 0.15) is 120 Å². The fourth-order valence-corrected chi connectivity index (χ4v) is 9.92. The summed E-state index contributed by atoms with van der Waals surface area (Å²) in [5.41, 5.74) is 35.3. The molecule has 0 radical (unpaired) electrons. The highest BCUT2D eigenvalue weighted by Gasteiger charge is 2.37. The molecule has 0 aliphatic heterocycles. The Bertz CT molecular complexity index is 3050. The van der Waals surface area contributed by atoms with Gasteiger partial charge in [-0.15, -0.1) is 0 Å². The minimum atomic E-state index is -0.101. The molecule has 4 heteroatoms. The lowest BCUT2D eigenvalue weighted by molar-refractivity contribution is 0.639. The molecule has 0 fully saturated rings. The van der Waals surface area contributed by atoms with Crippen LogP contribution in [0.15, 0.2) is 181 Å². The van der Waals surface area contributed by atoms with E-state index in [4.69, 9.17) is 11.5 Å². The van der Waals surface area contributed by atoms with E-state index in [1.807, 2.05) is 56.3 Å². The molecule has 0 atom stereocenters. The maximum atomic E-state index is 6.72. The van der Waals surface area contributed by atoms with E-state index in [9.17, 15) is 0 Å². The van der Waals surface area contributed by atoms with Crippen LogP contribution in [0.3, 0.4) is 0 Å². The SMILES string of the molecule is CC.CC/C=C\C1=C(C)C(C)(C)c2cc(/C=C/C=C\N)ccc21.CC1(C)c2ccccc2-c2ccc(N/N=C\C=C/c3c(N)ccccccc4cc5c(cc34)C(C)(C)c3ccccc3-5)cc21. The second-order valence-corrected chi connectivity index (χ2v) is 18.8. The zero-order chi connectivity index (χ0) is 47.9. The van der Waals surface area contributed by atoms with Crippen LogP contribution in [0.4, 0.5) is 11.4 Å². The first kappa shape index (κ1) is 47.8. The Morgan fingerprint density at radius 1 is 0.552 bits per heavy atom. The summed E-state index contributed by atoms with van der Waals surface area (Å²) in [4.78, 5) is 0. The zero-order valence-corrected chi connectivity index (χ0v) is 41.2. The summed E-state index contributed by atoms with van der Waals surface area (Å²) in [6.45, 7) is 22.2. The van der Waals surface area contributed by atoms with Gasteiger partial charge in [-0.25, -0.2) is 0 Å². The third-order valence-electron chi connectivity index (χ3n) is 13.8. The van der Waals surface area contributed by atoms with Crippen molar-refractivity contribution in [2.75, 3.05) is 11.2 Å². The molecule has 0 bridgehead atoms. The maximum absolute atomic E-state index is 6.72. The van der Waals surface area contributed by atoms with Crippen molar-refractivity contribution < 1.29 is 0 Å². The van der Waals surface area contributed by atoms with Gasteiger partial charge in [0.15, 0.2) is 0 Å². The standard InChI is InChI=1S/C41H37N3.C20H25N.C2H6/c1-40(2)35-18-11-9-15-29(35)31-22-21-28(25-37(31)40)44-43-23-13-17-32-33-26-38-34(30-16-10-12-19-36(30)41(38,3)4)24-27(33)14-7-5-6-8-20-39(32)42;1-5-6-10-17-15(2)20(3,4)19-14-16(9-7-8-13-21)11-12-18(17)19;1-2/h5-26,44H,42H2,1-4H3;6-14H,5,21H2,1-4H3;1-2H3/b6-5?,7-5?,8-6?,14-7?,17-13-,20-8?,27-14?,33-32?,39-20?,39-32?,43-23-;9-7+,10-6-,13-8-;. The number of nitrogens with two attached hydrogens (primary N) is 2. The molecule has 4 nitrogen and oxygen atoms in total. The number of benzene rings is 5. The summed E-state index contributed by atoms with van der Waals surface area (Å²) >= 11 is 0. The van der Waals surface area contributed by atoms with Crippen LogP contribution < -0.4 is 16.9 Å². The molecule has 67 heavy (non-hydrogen) atoms. The van der Waals surface area contributed by atoms with Crippen LogP contribution in [0.5, 0.6) is 0 Å². The molecule has 5 N–H and O–H groups in total. The van der Waals surface area contributed by atoms with Crippen LogP contribution >= 0.6 is 0 Å². The Hall–Kier alpha value is -7.17. The molecule has 0 saturated carbocycles. The minimum absolute atomic E-state index is 0.0479. The van der Waals surface area contributed by atoms with Gasteiger partial charge in [0.05, 0.1) is 5.69 Å². The molecular formula is C63H68N4. The summed E-state index contributed by atoms with van der Waals surface area (Å²) in [7, 11) is 0. The van der Waals surface area contributed by atoms with Gasteiger partial charge in [0.25, 0.3) is 0 Å². The van der Waals surface area contributed by atoms with Crippen LogP contribution in [0, 0.1) is 0 Å². The van der Waals surface area contributed by atoms with E-state index in [1.54, 1.807) is 12.4 Å². The number of allylic oxidation sites excluding steroid dienone is 7. The fourth-order valence-electron chi connectivity index (χ4n) is 9.92. The minimum Gasteiger partial charge on any atom is -0.405 e. The number of anilines is 2. The number of hydrogen-bond acceptors (Lipinski definition) is 4. The van der Waals surface area contributed by atoms with Gasteiger partial charge in [0.2, 0.25) is 0 Å². The molecular weight excluding hydrogens is 813 g/mol. The maximum Gasteiger partial charge on any atom is 0.0565 e. The first-order valence-electron chi connectivity index (χ1n) is 23.9. The smallest absolute Gasteiger partial charge is 0.0565 e. The van der Waals surface area contributed by atoms with Crippen molar-refractivity contribution in [3.8, 4) is 22.3 Å². The number of fused-ring (bicyclic) bond motifs is 8. The lowest BCUT2D eigenvalue weighted by atomic mass is 9.81. The van der Waals surface area contributed by atoms with Gasteiger partial charge in [-0.1, -0.05) is 201 Å². The van der Waals surface area contributed by atoms with Crippen molar-refractivity contribution in [1.29, 1.82) is 0 Å². The lowest BCUT2D eigenvalue weighted by Gasteiger charge is -2.22. The monoisotopic (exact) mass is 881 g/mol. The Labute approximate surface area is 400 Å². The van der Waals surface area contributed by atoms with E-state index in [2.05, 4.69) is 199 Å². The van der Waals surface area contributed by atoms with Gasteiger partial charge in [-0.2, -0.15) is 5.10 Å². The number of nitrogens with zero attached hydrogens (tertiary/aromatic N) is 1. The normalized spacial score (nSPS) is 15.5. The van der Waals surface area contributed by atoms with Crippen LogP contribution in [0.2, 0.25) is 0 Å². The van der Waals surface area contributed by atoms with E-state index >= 15 is 0 Å². The van der Waals surface area contributed by atoms with E-state index < -0.39 is 0 Å². The summed E-state index contributed by atoms with van der Waals surface area (Å²) in [6.07, 6.45) is 18.9. The molecule has 0 saturated heterocycles. The third kappa shape index (κ3) is 9.31. The first-order valence-corrected chi connectivity index (χ1v) is 23.9. The van der Waals surface area contributed by atoms with Crippen LogP contribution in [-0.2, 0) is 16.2 Å². The number of nitrogen functional groups attached to an aromatic ring is 1. The summed E-state index contributed by atoms with van der Waals surface area (Å²) in [5, 5.41) is 6.79. The third-order valence-corrected chi connectivity index (χ3v) is 13.8. The molecule has 0 amide bonds. The summed E-state index contributed by atoms with van der Waals surface area (Å²) in [5.74, 6) is 0. The van der Waals surface area contributed by atoms with Gasteiger partial charge in [0.1, 0.15) is 0 Å². The first-order chi connectivity index (χ1) is 32.3. The zero-order valence-electron chi connectivity index (χ0n) is 41.2. The van der Waals surface area contributed by atoms with Crippen molar-refractivity contribution in [2.24, 2.45) is 10.8 Å². The summed E-state index contributed by atoms with van der Waals surface area (Å²) < 4.78 is 0. The second-order valence-electron chi connectivity index (χ2n) is 18.8. The molecule has 3 aliphatic rings. The average molecular weight is 881 g/mol. The van der Waals surface area contributed by atoms with Crippen molar-refractivity contribution in [1.82, 2.24) is 0 Å². The number of nitrogens with one attached hydrogen (secondary N) is 1. The van der Waals surface area contributed by atoms with Crippen LogP contribution in [0.25, 0.3) is 50.8 Å². The number of hydrogen-bond donors (Lipinski definition) is 3. The largest absolute Gasteiger partial charge is 0.405 e. The molecule has 0 spiro atoms. The predicted octanol–water partition coefficient (Wildman–Crippen LogP) is 16.5. The van der Waals surface area contributed by atoms with Gasteiger partial charge in [-0.05, 0) is 140 Å². The van der Waals surface area contributed by atoms with Gasteiger partial charge >= 0.3 is 0 Å². The number of rotatable bonds is 8. The number of hydrazone groups is 1. The molecule has 0 unspecified atom stereocenters. The topological polar surface area (TPSA) is 76.4 Å². The Kier molecular flexibility index (Phi) is 14.4. The van der Waals surface area contributed by atoms with E-state index in [0.29, 0.717) is 5.69 Å². The predicted molar refractivity (Wildman–Crippen MR) is 294 cm³/mol. The second kappa shape index (κ2) is 20.1. The molecule has 0 heterocycles. The average Bonchev–Trinajstić information content (AvgIpc) is 3.79. The highest BCUT2D eigenvalue weighted by Crippen LogP contribution is 2.51. The van der Waals surface area contributed by atoms with Gasteiger partial charge in [-0.3, -0.25) is 5.43 Å². The van der Waals surface area contributed by atoms with Crippen molar-refractivity contribution in [2.45, 2.75) is 91.9 Å². The highest BCUT2D eigenvalue weighted by atomic mass is 15.3. The molecule has 6 aromatic rings. The quantitative estimate of drug-likeness (QED) is 0.0810. The van der Waals surface area contributed by atoms with Gasteiger partial charge < -0.3 is 11.5 Å². The Morgan fingerprint density at radius 2 is 1.15 bits per heavy atom. The van der Waals surface area contributed by atoms with Crippen LogP contribution in [-0.4, -0.2) is 6.21 Å². The summed E-state index contributed by atoms with van der Waals surface area (Å²) in [6, 6.07) is 47.6. The molecule has 3 aliphatic carbocycles. The highest BCUT2D eigenvalue weighted by molar-refractivity contribution is 6.00. The molecule has 6 aromatic carbocycles. The van der Waals surface area contributed by atoms with Crippen molar-refractivity contribution >= 4 is 46.1 Å². The molecule has 340 valence electrons. The lowest BCUT2D eigenvalue weighted by Crippen LogP contribution is -2.15. The van der Waals surface area contributed by atoms with Crippen molar-refractivity contribution in [3.63, 3.8) is 0 Å². The Balaban J connectivity index is 0.000000243. The van der Waals surface area contributed by atoms with Crippen molar-refractivity contribution in [3.05, 3.63) is 220 Å². The van der Waals surface area contributed by atoms with E-state index in [1.165, 1.54) is 72.3 Å². The van der Waals surface area contributed by atoms with E-state index in [0.717, 1.165) is 28.4 Å². The molecule has 9 rings (SSSR count). The van der Waals surface area contributed by atoms with Gasteiger partial charge in [0, 0.05) is 33.7 Å². The molecule has 0 aromatic heterocycles. The Morgan fingerprint density at radius 3 is 1.84 bits per heavy atom. The fraction of sp³-hybridized carbons (Fsp3) is 0.222.